The molecule has 0 unspecified atom stereocenters. The Labute approximate surface area is 145 Å². The van der Waals surface area contributed by atoms with Gasteiger partial charge in [0.25, 0.3) is 0 Å². The number of hydrogen-bond acceptors (Lipinski definition) is 4. The van der Waals surface area contributed by atoms with E-state index in [4.69, 9.17) is 0 Å². The van der Waals surface area contributed by atoms with Gasteiger partial charge >= 0.3 is 0 Å². The van der Waals surface area contributed by atoms with Gasteiger partial charge in [0, 0.05) is 29.4 Å². The maximum Gasteiger partial charge on any atom is 0.129 e. The van der Waals surface area contributed by atoms with Crippen molar-refractivity contribution in [3.8, 4) is 17.0 Å². The molecule has 0 fully saturated rings. The lowest BCUT2D eigenvalue weighted by molar-refractivity contribution is 0.411. The molecule has 0 aliphatic carbocycles. The molecule has 4 nitrogen and oxygen atoms in total. The quantitative estimate of drug-likeness (QED) is 0.880. The summed E-state index contributed by atoms with van der Waals surface area (Å²) in [6.45, 7) is 15.4. The molecule has 0 bridgehead atoms. The molecule has 24 heavy (non-hydrogen) atoms. The van der Waals surface area contributed by atoms with Crippen molar-refractivity contribution in [3.05, 3.63) is 41.3 Å². The molecule has 0 saturated carbocycles. The van der Waals surface area contributed by atoms with Gasteiger partial charge in [0.2, 0.25) is 0 Å². The second-order valence-corrected chi connectivity index (χ2v) is 8.43. The zero-order valence-electron chi connectivity index (χ0n) is 15.9. The van der Waals surface area contributed by atoms with Crippen molar-refractivity contribution in [1.29, 1.82) is 0 Å². The van der Waals surface area contributed by atoms with Crippen LogP contribution in [0.2, 0.25) is 0 Å². The standard InChI is InChI=1S/C20H29N3O/c1-13-10-22-17(12-21-13)16-9-15(19(2,3)4)8-14(18(16)24)11-23-20(5,6)7/h8-10,12,23-24H,11H2,1-7H3. The highest BCUT2D eigenvalue weighted by atomic mass is 16.3. The minimum absolute atomic E-state index is 0.0168. The number of benzene rings is 1. The van der Waals surface area contributed by atoms with Crippen molar-refractivity contribution < 1.29 is 5.11 Å². The maximum atomic E-state index is 10.8. The van der Waals surface area contributed by atoms with Gasteiger partial charge in [-0.3, -0.25) is 9.97 Å². The van der Waals surface area contributed by atoms with Crippen LogP contribution in [0.15, 0.2) is 24.5 Å². The van der Waals surface area contributed by atoms with Crippen LogP contribution in [0.1, 0.15) is 58.4 Å². The molecule has 1 aromatic heterocycles. The fourth-order valence-corrected chi connectivity index (χ4v) is 2.35. The fraction of sp³-hybridized carbons (Fsp3) is 0.500. The number of hydrogen-bond donors (Lipinski definition) is 2. The lowest BCUT2D eigenvalue weighted by Gasteiger charge is -2.25. The molecule has 2 aromatic rings. The predicted octanol–water partition coefficient (Wildman–Crippen LogP) is 4.34. The van der Waals surface area contributed by atoms with Gasteiger partial charge in [0.15, 0.2) is 0 Å². The molecular formula is C20H29N3O. The first-order valence-corrected chi connectivity index (χ1v) is 8.38. The van der Waals surface area contributed by atoms with Crippen molar-refractivity contribution in [2.75, 3.05) is 0 Å². The number of aromatic nitrogens is 2. The summed E-state index contributed by atoms with van der Waals surface area (Å²) in [5.41, 5.74) is 4.31. The molecule has 2 N–H and O–H groups in total. The van der Waals surface area contributed by atoms with Gasteiger partial charge in [0.05, 0.1) is 17.6 Å². The molecule has 0 spiro atoms. The van der Waals surface area contributed by atoms with Crippen LogP contribution in [0.3, 0.4) is 0 Å². The summed E-state index contributed by atoms with van der Waals surface area (Å²) < 4.78 is 0. The maximum absolute atomic E-state index is 10.8. The average Bonchev–Trinajstić information content (AvgIpc) is 2.45. The Morgan fingerprint density at radius 3 is 2.17 bits per heavy atom. The van der Waals surface area contributed by atoms with Crippen LogP contribution in [0.4, 0.5) is 0 Å². The first kappa shape index (κ1) is 18.4. The molecule has 0 aliphatic rings. The van der Waals surface area contributed by atoms with E-state index < -0.39 is 0 Å². The largest absolute Gasteiger partial charge is 0.507 e. The van der Waals surface area contributed by atoms with Gasteiger partial charge in [-0.05, 0) is 44.7 Å². The SMILES string of the molecule is Cc1cnc(-c2cc(C(C)(C)C)cc(CNC(C)(C)C)c2O)cn1. The minimum Gasteiger partial charge on any atom is -0.507 e. The van der Waals surface area contributed by atoms with Gasteiger partial charge in [-0.2, -0.15) is 0 Å². The summed E-state index contributed by atoms with van der Waals surface area (Å²) in [6.07, 6.45) is 3.45. The van der Waals surface area contributed by atoms with Crippen molar-refractivity contribution in [3.63, 3.8) is 0 Å². The van der Waals surface area contributed by atoms with Gasteiger partial charge in [-0.15, -0.1) is 0 Å². The number of phenolic OH excluding ortho intramolecular Hbond substituents is 1. The number of nitrogens with one attached hydrogen (secondary N) is 1. The van der Waals surface area contributed by atoms with Gasteiger partial charge in [0.1, 0.15) is 5.75 Å². The molecule has 0 atom stereocenters. The third kappa shape index (κ3) is 4.54. The van der Waals surface area contributed by atoms with E-state index in [1.165, 1.54) is 5.56 Å². The highest BCUT2D eigenvalue weighted by Gasteiger charge is 2.21. The van der Waals surface area contributed by atoms with Crippen molar-refractivity contribution in [2.45, 2.75) is 66.0 Å². The second kappa shape index (κ2) is 6.52. The molecule has 2 rings (SSSR count). The highest BCUT2D eigenvalue weighted by Crippen LogP contribution is 2.36. The summed E-state index contributed by atoms with van der Waals surface area (Å²) in [4.78, 5) is 8.75. The fourth-order valence-electron chi connectivity index (χ4n) is 2.35. The highest BCUT2D eigenvalue weighted by molar-refractivity contribution is 5.69. The Hall–Kier alpha value is -1.94. The molecule has 0 saturated heterocycles. The van der Waals surface area contributed by atoms with E-state index in [1.807, 2.05) is 13.0 Å². The van der Waals surface area contributed by atoms with E-state index in [0.717, 1.165) is 16.8 Å². The molecular weight excluding hydrogens is 298 g/mol. The normalized spacial score (nSPS) is 12.5. The number of aromatic hydroxyl groups is 1. The summed E-state index contributed by atoms with van der Waals surface area (Å²) in [5.74, 6) is 0.276. The third-order valence-corrected chi connectivity index (χ3v) is 3.92. The average molecular weight is 327 g/mol. The Bertz CT molecular complexity index is 707. The van der Waals surface area contributed by atoms with Crippen LogP contribution < -0.4 is 5.32 Å². The van der Waals surface area contributed by atoms with Crippen molar-refractivity contribution in [2.24, 2.45) is 0 Å². The Morgan fingerprint density at radius 2 is 1.67 bits per heavy atom. The van der Waals surface area contributed by atoms with E-state index in [-0.39, 0.29) is 16.7 Å². The van der Waals surface area contributed by atoms with E-state index in [2.05, 4.69) is 62.9 Å². The van der Waals surface area contributed by atoms with Gasteiger partial charge in [-0.25, -0.2) is 0 Å². The first-order chi connectivity index (χ1) is 11.0. The zero-order chi connectivity index (χ0) is 18.1. The van der Waals surface area contributed by atoms with E-state index in [0.29, 0.717) is 12.2 Å². The molecule has 4 heteroatoms. The van der Waals surface area contributed by atoms with Crippen LogP contribution in [-0.2, 0) is 12.0 Å². The van der Waals surface area contributed by atoms with E-state index in [1.54, 1.807) is 12.4 Å². The molecule has 0 amide bonds. The van der Waals surface area contributed by atoms with Gasteiger partial charge < -0.3 is 10.4 Å². The van der Waals surface area contributed by atoms with Gasteiger partial charge in [-0.1, -0.05) is 26.8 Å². The number of aryl methyl sites for hydroxylation is 1. The Kier molecular flexibility index (Phi) is 5.00. The topological polar surface area (TPSA) is 58.0 Å². The molecule has 0 aliphatic heterocycles. The third-order valence-electron chi connectivity index (χ3n) is 3.92. The second-order valence-electron chi connectivity index (χ2n) is 8.43. The summed E-state index contributed by atoms with van der Waals surface area (Å²) in [6, 6.07) is 4.11. The zero-order valence-corrected chi connectivity index (χ0v) is 15.9. The Morgan fingerprint density at radius 1 is 1.00 bits per heavy atom. The monoisotopic (exact) mass is 327 g/mol. The van der Waals surface area contributed by atoms with E-state index in [9.17, 15) is 5.11 Å². The van der Waals surface area contributed by atoms with E-state index >= 15 is 0 Å². The summed E-state index contributed by atoms with van der Waals surface area (Å²) in [5, 5.41) is 14.2. The molecule has 130 valence electrons. The van der Waals surface area contributed by atoms with Crippen LogP contribution in [0, 0.1) is 6.92 Å². The number of phenols is 1. The summed E-state index contributed by atoms with van der Waals surface area (Å²) >= 11 is 0. The van der Waals surface area contributed by atoms with Crippen LogP contribution in [-0.4, -0.2) is 20.6 Å². The number of nitrogens with zero attached hydrogens (tertiary/aromatic N) is 2. The van der Waals surface area contributed by atoms with Crippen LogP contribution in [0.5, 0.6) is 5.75 Å². The first-order valence-electron chi connectivity index (χ1n) is 8.38. The predicted molar refractivity (Wildman–Crippen MR) is 99.2 cm³/mol. The van der Waals surface area contributed by atoms with Crippen LogP contribution >= 0.6 is 0 Å². The smallest absolute Gasteiger partial charge is 0.129 e. The number of rotatable bonds is 3. The molecule has 1 heterocycles. The van der Waals surface area contributed by atoms with Crippen molar-refractivity contribution >= 4 is 0 Å². The van der Waals surface area contributed by atoms with Crippen LogP contribution in [0.25, 0.3) is 11.3 Å². The molecule has 0 radical (unpaired) electrons. The molecule has 1 aromatic carbocycles. The lowest BCUT2D eigenvalue weighted by atomic mass is 9.84. The lowest BCUT2D eigenvalue weighted by Crippen LogP contribution is -2.35. The van der Waals surface area contributed by atoms with Crippen molar-refractivity contribution in [1.82, 2.24) is 15.3 Å². The summed E-state index contributed by atoms with van der Waals surface area (Å²) in [7, 11) is 0. The minimum atomic E-state index is -0.0198. The Balaban J connectivity index is 2.54.